The van der Waals surface area contributed by atoms with Gasteiger partial charge in [-0.3, -0.25) is 0 Å². The molecule has 0 fully saturated rings. The van der Waals surface area contributed by atoms with Crippen molar-refractivity contribution in [2.75, 3.05) is 0 Å². The van der Waals surface area contributed by atoms with Crippen molar-refractivity contribution in [2.24, 2.45) is 0 Å². The first kappa shape index (κ1) is 25.1. The van der Waals surface area contributed by atoms with E-state index in [0.29, 0.717) is 5.16 Å². The van der Waals surface area contributed by atoms with E-state index in [-0.39, 0.29) is 0 Å². The Labute approximate surface area is 189 Å². The molecule has 0 aromatic heterocycles. The zero-order valence-corrected chi connectivity index (χ0v) is 22.4. The molecule has 0 aliphatic rings. The zero-order chi connectivity index (χ0) is 22.6. The zero-order valence-electron chi connectivity index (χ0n) is 21.4. The van der Waals surface area contributed by atoms with Crippen molar-refractivity contribution in [1.29, 1.82) is 0 Å². The number of aryl methyl sites for hydroxylation is 3. The van der Waals surface area contributed by atoms with Gasteiger partial charge in [0, 0.05) is 0 Å². The summed E-state index contributed by atoms with van der Waals surface area (Å²) in [6, 6.07) is 5.08. The van der Waals surface area contributed by atoms with Gasteiger partial charge in [-0.2, -0.15) is 0 Å². The fourth-order valence-corrected chi connectivity index (χ4v) is 6.15. The van der Waals surface area contributed by atoms with Crippen molar-refractivity contribution in [1.82, 2.24) is 0 Å². The number of hydrogen-bond donors (Lipinski definition) is 0. The van der Waals surface area contributed by atoms with Crippen LogP contribution in [0, 0.1) is 27.7 Å². The number of benzene rings is 2. The lowest BCUT2D eigenvalue weighted by Crippen LogP contribution is -2.21. The standard InChI is InChI=1S/C29H45P/c1-11-14-23-18-24(15-12-2)28(30-29(8,9)10)25(16-13-3)27(23)26-17-19(4)20(5)21(6)22(26)7/h17-18,30H,11-16H2,1-10H3. The third-order valence-electron chi connectivity index (χ3n) is 6.38. The molecule has 0 saturated heterocycles. The minimum absolute atomic E-state index is 0.322. The van der Waals surface area contributed by atoms with Crippen LogP contribution in [0.2, 0.25) is 0 Å². The molecule has 166 valence electrons. The lowest BCUT2D eigenvalue weighted by molar-refractivity contribution is 0.797. The summed E-state index contributed by atoms with van der Waals surface area (Å²) >= 11 is 0. The predicted octanol–water partition coefficient (Wildman–Crippen LogP) is 8.55. The molecule has 0 aliphatic heterocycles. The average molecular weight is 425 g/mol. The van der Waals surface area contributed by atoms with E-state index in [9.17, 15) is 0 Å². The molecule has 0 bridgehead atoms. The van der Waals surface area contributed by atoms with E-state index < -0.39 is 0 Å². The molecule has 30 heavy (non-hydrogen) atoms. The maximum Gasteiger partial charge on any atom is -0.0110 e. The van der Waals surface area contributed by atoms with Crippen LogP contribution in [0.4, 0.5) is 0 Å². The van der Waals surface area contributed by atoms with E-state index in [0.717, 1.165) is 8.58 Å². The minimum Gasteiger partial charge on any atom is -0.0842 e. The molecule has 0 saturated carbocycles. The molecule has 0 aliphatic carbocycles. The van der Waals surface area contributed by atoms with Gasteiger partial charge in [0.25, 0.3) is 0 Å². The molecular weight excluding hydrogens is 379 g/mol. The smallest absolute Gasteiger partial charge is 0.0110 e. The summed E-state index contributed by atoms with van der Waals surface area (Å²) in [7, 11) is 0.860. The second kappa shape index (κ2) is 10.5. The molecule has 1 unspecified atom stereocenters. The second-order valence-corrected chi connectivity index (χ2v) is 12.4. The van der Waals surface area contributed by atoms with Gasteiger partial charge in [0.15, 0.2) is 0 Å². The highest BCUT2D eigenvalue weighted by atomic mass is 31.1. The van der Waals surface area contributed by atoms with Crippen LogP contribution >= 0.6 is 8.58 Å². The highest BCUT2D eigenvalue weighted by molar-refractivity contribution is 7.49. The van der Waals surface area contributed by atoms with Crippen molar-refractivity contribution in [3.63, 3.8) is 0 Å². The van der Waals surface area contributed by atoms with Crippen LogP contribution in [0.25, 0.3) is 11.1 Å². The third kappa shape index (κ3) is 5.56. The molecule has 0 nitrogen and oxygen atoms in total. The van der Waals surface area contributed by atoms with E-state index in [2.05, 4.69) is 81.4 Å². The van der Waals surface area contributed by atoms with Gasteiger partial charge in [-0.25, -0.2) is 0 Å². The predicted molar refractivity (Wildman–Crippen MR) is 141 cm³/mol. The lowest BCUT2D eigenvalue weighted by atomic mass is 9.83. The minimum atomic E-state index is 0.322. The Kier molecular flexibility index (Phi) is 8.76. The summed E-state index contributed by atoms with van der Waals surface area (Å²) in [4.78, 5) is 0. The Balaban J connectivity index is 2.97. The van der Waals surface area contributed by atoms with Crippen LogP contribution in [0.5, 0.6) is 0 Å². The van der Waals surface area contributed by atoms with Gasteiger partial charge in [0.2, 0.25) is 0 Å². The third-order valence-corrected chi connectivity index (χ3v) is 8.01. The van der Waals surface area contributed by atoms with Crippen LogP contribution in [0.1, 0.15) is 99.7 Å². The van der Waals surface area contributed by atoms with Crippen molar-refractivity contribution in [2.45, 2.75) is 113 Å². The van der Waals surface area contributed by atoms with E-state index in [1.807, 2.05) is 0 Å². The fraction of sp³-hybridized carbons (Fsp3) is 0.586. The first-order chi connectivity index (χ1) is 14.1. The SMILES string of the molecule is CCCc1cc(CCC)c(-c2cc(C)c(C)c(C)c2C)c(CCC)c1PC(C)(C)C. The molecule has 2 aromatic rings. The Hall–Kier alpha value is -1.13. The summed E-state index contributed by atoms with van der Waals surface area (Å²) in [6.07, 6.45) is 7.20. The van der Waals surface area contributed by atoms with Crippen LogP contribution < -0.4 is 5.30 Å². The Bertz CT molecular complexity index is 881. The molecule has 0 radical (unpaired) electrons. The van der Waals surface area contributed by atoms with Gasteiger partial charge in [-0.1, -0.05) is 81.5 Å². The van der Waals surface area contributed by atoms with Crippen molar-refractivity contribution >= 4 is 13.9 Å². The Morgan fingerprint density at radius 2 is 1.27 bits per heavy atom. The maximum atomic E-state index is 2.60. The first-order valence-electron chi connectivity index (χ1n) is 12.1. The topological polar surface area (TPSA) is 0 Å². The van der Waals surface area contributed by atoms with E-state index in [1.165, 1.54) is 66.3 Å². The molecular formula is C29H45P. The highest BCUT2D eigenvalue weighted by Gasteiger charge is 2.23. The molecule has 0 N–H and O–H groups in total. The quantitative estimate of drug-likeness (QED) is 0.372. The van der Waals surface area contributed by atoms with Gasteiger partial charge in [0.1, 0.15) is 0 Å². The average Bonchev–Trinajstić information content (AvgIpc) is 2.66. The first-order valence-corrected chi connectivity index (χ1v) is 13.1. The van der Waals surface area contributed by atoms with Gasteiger partial charge >= 0.3 is 0 Å². The fourth-order valence-electron chi connectivity index (χ4n) is 4.64. The largest absolute Gasteiger partial charge is 0.0842 e. The summed E-state index contributed by atoms with van der Waals surface area (Å²) in [5, 5.41) is 2.00. The van der Waals surface area contributed by atoms with Crippen LogP contribution in [-0.4, -0.2) is 5.16 Å². The van der Waals surface area contributed by atoms with Gasteiger partial charge in [-0.15, -0.1) is 0 Å². The van der Waals surface area contributed by atoms with E-state index in [4.69, 9.17) is 0 Å². The summed E-state index contributed by atoms with van der Waals surface area (Å²) in [5.74, 6) is 0. The van der Waals surface area contributed by atoms with Crippen molar-refractivity contribution < 1.29 is 0 Å². The monoisotopic (exact) mass is 424 g/mol. The summed E-state index contributed by atoms with van der Waals surface area (Å²) < 4.78 is 0. The molecule has 1 heteroatoms. The van der Waals surface area contributed by atoms with Gasteiger partial charge < -0.3 is 0 Å². The van der Waals surface area contributed by atoms with E-state index in [1.54, 1.807) is 27.6 Å². The van der Waals surface area contributed by atoms with E-state index >= 15 is 0 Å². The molecule has 1 atom stereocenters. The maximum absolute atomic E-state index is 2.60. The molecule has 0 spiro atoms. The highest BCUT2D eigenvalue weighted by Crippen LogP contribution is 2.40. The number of rotatable bonds is 8. The summed E-state index contributed by atoms with van der Waals surface area (Å²) in [6.45, 7) is 23.4. The normalized spacial score (nSPS) is 12.3. The van der Waals surface area contributed by atoms with Crippen LogP contribution in [0.15, 0.2) is 12.1 Å². The molecule has 2 aromatic carbocycles. The van der Waals surface area contributed by atoms with Gasteiger partial charge in [-0.05, 0) is 107 Å². The Morgan fingerprint density at radius 3 is 1.80 bits per heavy atom. The lowest BCUT2D eigenvalue weighted by Gasteiger charge is -2.28. The molecule has 0 heterocycles. The van der Waals surface area contributed by atoms with Crippen LogP contribution in [0.3, 0.4) is 0 Å². The molecule has 0 amide bonds. The van der Waals surface area contributed by atoms with Crippen molar-refractivity contribution in [3.8, 4) is 11.1 Å². The second-order valence-electron chi connectivity index (χ2n) is 10.2. The van der Waals surface area contributed by atoms with Gasteiger partial charge in [0.05, 0.1) is 0 Å². The number of hydrogen-bond acceptors (Lipinski definition) is 0. The molecule has 2 rings (SSSR count). The van der Waals surface area contributed by atoms with Crippen molar-refractivity contribution in [3.05, 3.63) is 51.1 Å². The van der Waals surface area contributed by atoms with Crippen LogP contribution in [-0.2, 0) is 19.3 Å². The summed E-state index contributed by atoms with van der Waals surface area (Å²) in [5.41, 5.74) is 13.7. The Morgan fingerprint density at radius 1 is 0.700 bits per heavy atom.